The summed E-state index contributed by atoms with van der Waals surface area (Å²) in [6.45, 7) is 0. The molecule has 0 aliphatic carbocycles. The van der Waals surface area contributed by atoms with E-state index < -0.39 is 0 Å². The third-order valence-corrected chi connectivity index (χ3v) is 10.6. The van der Waals surface area contributed by atoms with Crippen molar-refractivity contribution in [2.24, 2.45) is 0 Å². The first kappa shape index (κ1) is 27.7. The summed E-state index contributed by atoms with van der Waals surface area (Å²) in [6, 6.07) is 44.8. The summed E-state index contributed by atoms with van der Waals surface area (Å²) in [5.41, 5.74) is 13.6. The number of hydrogen-bond donors (Lipinski definition) is 1. The lowest BCUT2D eigenvalue weighted by molar-refractivity contribution is 1.32. The molecule has 3 nitrogen and oxygen atoms in total. The van der Waals surface area contributed by atoms with Crippen molar-refractivity contribution in [2.45, 2.75) is 0 Å². The summed E-state index contributed by atoms with van der Waals surface area (Å²) in [6.07, 6.45) is 8.65. The van der Waals surface area contributed by atoms with Crippen molar-refractivity contribution in [1.82, 2.24) is 15.0 Å². The Morgan fingerprint density at radius 3 is 1.34 bits per heavy atom. The molecule has 0 unspecified atom stereocenters. The number of thiophene rings is 2. The molecule has 0 spiro atoms. The second kappa shape index (κ2) is 11.6. The fraction of sp³-hybridized carbons (Fsp3) is 0. The van der Waals surface area contributed by atoms with Crippen LogP contribution in [0.5, 0.6) is 0 Å². The number of rotatable bonds is 4. The lowest BCUT2D eigenvalue weighted by Gasteiger charge is -2.06. The van der Waals surface area contributed by atoms with Gasteiger partial charge in [0, 0.05) is 47.6 Å². The molecule has 6 heterocycles. The average molecular weight is 638 g/mol. The smallest absolute Gasteiger partial charge is 0.0738 e. The van der Waals surface area contributed by atoms with Crippen LogP contribution in [0.4, 0.5) is 0 Å². The topological polar surface area (TPSA) is 41.6 Å². The van der Waals surface area contributed by atoms with Gasteiger partial charge in [-0.05, 0) is 76.7 Å². The molecule has 0 amide bonds. The molecule has 4 aromatic heterocycles. The summed E-state index contributed by atoms with van der Waals surface area (Å²) in [5.74, 6) is 0. The predicted octanol–water partition coefficient (Wildman–Crippen LogP) is 12.1. The van der Waals surface area contributed by atoms with Crippen molar-refractivity contribution in [3.05, 3.63) is 156 Å². The molecule has 2 aliphatic rings. The highest BCUT2D eigenvalue weighted by molar-refractivity contribution is 7.24. The Kier molecular flexibility index (Phi) is 6.85. The standard InChI is InChI=1S/C42H27N3S2/c1-4-11-27(12-5-1)39-30-18-19-31(43-30)40(28-13-6-2-7-14-28)33-21-23-35(45-33)42(36-17-10-26-46-36)38-25-24-37(47-38)41(29-15-8-3-9-16-29)34-22-20-32(39)44-34/h1-26,43H. The van der Waals surface area contributed by atoms with E-state index in [9.17, 15) is 0 Å². The number of H-pyrrole nitrogens is 1. The quantitative estimate of drug-likeness (QED) is 0.209. The van der Waals surface area contributed by atoms with Crippen molar-refractivity contribution in [2.75, 3.05) is 0 Å². The number of aromatic nitrogens is 3. The van der Waals surface area contributed by atoms with Gasteiger partial charge in [-0.15, -0.1) is 22.7 Å². The van der Waals surface area contributed by atoms with Gasteiger partial charge < -0.3 is 4.98 Å². The van der Waals surface area contributed by atoms with Crippen molar-refractivity contribution < 1.29 is 0 Å². The lowest BCUT2D eigenvalue weighted by Crippen LogP contribution is -1.88. The third kappa shape index (κ3) is 4.97. The Labute approximate surface area is 280 Å². The first-order valence-electron chi connectivity index (χ1n) is 15.6. The molecule has 47 heavy (non-hydrogen) atoms. The number of benzene rings is 3. The van der Waals surface area contributed by atoms with Crippen LogP contribution in [0.3, 0.4) is 0 Å². The van der Waals surface area contributed by atoms with Gasteiger partial charge in [0.2, 0.25) is 0 Å². The molecule has 0 atom stereocenters. The van der Waals surface area contributed by atoms with Crippen LogP contribution in [-0.2, 0) is 0 Å². The number of nitrogens with zero attached hydrogens (tertiary/aromatic N) is 2. The van der Waals surface area contributed by atoms with Crippen molar-refractivity contribution >= 4 is 67.4 Å². The highest BCUT2D eigenvalue weighted by Crippen LogP contribution is 2.41. The molecular weight excluding hydrogens is 611 g/mol. The highest BCUT2D eigenvalue weighted by Gasteiger charge is 2.19. The van der Waals surface area contributed by atoms with Gasteiger partial charge in [-0.1, -0.05) is 97.1 Å². The van der Waals surface area contributed by atoms with Crippen LogP contribution in [0, 0.1) is 0 Å². The Morgan fingerprint density at radius 1 is 0.404 bits per heavy atom. The second-order valence-corrected chi connectivity index (χ2v) is 13.5. The number of hydrogen-bond acceptors (Lipinski definition) is 4. The molecule has 222 valence electrons. The van der Waals surface area contributed by atoms with E-state index in [1.807, 2.05) is 0 Å². The predicted molar refractivity (Wildman–Crippen MR) is 202 cm³/mol. The lowest BCUT2D eigenvalue weighted by atomic mass is 10.0. The van der Waals surface area contributed by atoms with E-state index in [4.69, 9.17) is 9.97 Å². The number of aromatic amines is 1. The molecule has 8 bridgehead atoms. The van der Waals surface area contributed by atoms with Crippen LogP contribution in [0.1, 0.15) is 22.8 Å². The normalized spacial score (nSPS) is 12.1. The van der Waals surface area contributed by atoms with Gasteiger partial charge in [-0.25, -0.2) is 9.97 Å². The maximum atomic E-state index is 5.37. The maximum Gasteiger partial charge on any atom is 0.0738 e. The Hall–Kier alpha value is -5.62. The minimum Gasteiger partial charge on any atom is -0.354 e. The molecule has 9 rings (SSSR count). The van der Waals surface area contributed by atoms with Gasteiger partial charge in [0.15, 0.2) is 0 Å². The van der Waals surface area contributed by atoms with Crippen LogP contribution in [0.15, 0.2) is 133 Å². The molecule has 0 radical (unpaired) electrons. The summed E-state index contributed by atoms with van der Waals surface area (Å²) >= 11 is 3.54. The Morgan fingerprint density at radius 2 is 0.851 bits per heavy atom. The van der Waals surface area contributed by atoms with Gasteiger partial charge in [0.05, 0.1) is 22.8 Å². The van der Waals surface area contributed by atoms with E-state index >= 15 is 0 Å². The first-order valence-corrected chi connectivity index (χ1v) is 17.3. The van der Waals surface area contributed by atoms with E-state index in [0.717, 1.165) is 72.8 Å². The fourth-order valence-electron chi connectivity index (χ4n) is 6.48. The van der Waals surface area contributed by atoms with E-state index in [1.54, 1.807) is 22.7 Å². The van der Waals surface area contributed by atoms with Crippen LogP contribution >= 0.6 is 22.7 Å². The second-order valence-electron chi connectivity index (χ2n) is 11.5. The van der Waals surface area contributed by atoms with Gasteiger partial charge in [-0.3, -0.25) is 0 Å². The third-order valence-electron chi connectivity index (χ3n) is 8.58. The molecule has 2 aliphatic heterocycles. The Balaban J connectivity index is 1.49. The van der Waals surface area contributed by atoms with Crippen molar-refractivity contribution in [1.29, 1.82) is 0 Å². The molecule has 5 heteroatoms. The minimum absolute atomic E-state index is 0.928. The summed E-state index contributed by atoms with van der Waals surface area (Å²) < 4.78 is 2.35. The van der Waals surface area contributed by atoms with Crippen LogP contribution in [-0.4, -0.2) is 15.0 Å². The first-order chi connectivity index (χ1) is 23.3. The molecule has 0 fully saturated rings. The van der Waals surface area contributed by atoms with Crippen LogP contribution < -0.4 is 0 Å². The highest BCUT2D eigenvalue weighted by atomic mass is 32.1. The minimum atomic E-state index is 0.928. The zero-order chi connectivity index (χ0) is 31.2. The van der Waals surface area contributed by atoms with E-state index in [1.165, 1.54) is 14.3 Å². The van der Waals surface area contributed by atoms with Gasteiger partial charge in [0.1, 0.15) is 0 Å². The molecule has 1 N–H and O–H groups in total. The van der Waals surface area contributed by atoms with E-state index in [2.05, 4.69) is 162 Å². The largest absolute Gasteiger partial charge is 0.354 e. The summed E-state index contributed by atoms with van der Waals surface area (Å²) in [7, 11) is 0. The summed E-state index contributed by atoms with van der Waals surface area (Å²) in [5, 5.41) is 2.14. The molecule has 0 saturated heterocycles. The summed E-state index contributed by atoms with van der Waals surface area (Å²) in [4.78, 5) is 15.7. The number of fused-ring (bicyclic) bond motifs is 8. The fourth-order valence-corrected chi connectivity index (χ4v) is 8.49. The average Bonchev–Trinajstić information content (AvgIpc) is 3.97. The molecule has 7 aromatic rings. The van der Waals surface area contributed by atoms with Gasteiger partial charge in [0.25, 0.3) is 0 Å². The van der Waals surface area contributed by atoms with E-state index in [-0.39, 0.29) is 0 Å². The Bertz CT molecular complexity index is 2450. The van der Waals surface area contributed by atoms with Crippen molar-refractivity contribution in [3.63, 3.8) is 0 Å². The molecule has 3 aromatic carbocycles. The molecule has 0 saturated carbocycles. The molecular formula is C42H27N3S2. The zero-order valence-electron chi connectivity index (χ0n) is 25.2. The zero-order valence-corrected chi connectivity index (χ0v) is 26.9. The van der Waals surface area contributed by atoms with Gasteiger partial charge >= 0.3 is 0 Å². The van der Waals surface area contributed by atoms with Gasteiger partial charge in [-0.2, -0.15) is 0 Å². The van der Waals surface area contributed by atoms with Crippen LogP contribution in [0.2, 0.25) is 0 Å². The maximum absolute atomic E-state index is 5.37. The van der Waals surface area contributed by atoms with Crippen molar-refractivity contribution in [3.8, 4) is 43.8 Å². The SMILES string of the molecule is C1=Cc2nc1c(-c1ccccc1)c1ccc([nH]1)c(-c1ccccc1)c1nc(c(-c3cccs3)c3ccc(s3)c2-c2ccccc2)C=C1. The number of nitrogens with one attached hydrogen (secondary N) is 1. The monoisotopic (exact) mass is 637 g/mol. The van der Waals surface area contributed by atoms with Crippen LogP contribution in [0.25, 0.3) is 88.6 Å². The van der Waals surface area contributed by atoms with E-state index in [0.29, 0.717) is 0 Å².